The Kier molecular flexibility index (Phi) is 1.25. The van der Waals surface area contributed by atoms with Crippen LogP contribution in [-0.2, 0) is 0 Å². The van der Waals surface area contributed by atoms with Crippen LogP contribution < -0.4 is 0 Å². The van der Waals surface area contributed by atoms with Crippen molar-refractivity contribution in [2.45, 2.75) is 13.8 Å². The van der Waals surface area contributed by atoms with Crippen molar-refractivity contribution in [1.82, 2.24) is 4.98 Å². The largest absolute Gasteiger partial charge is 0.360 e. The van der Waals surface area contributed by atoms with Crippen molar-refractivity contribution in [3.8, 4) is 0 Å². The lowest BCUT2D eigenvalue weighted by Gasteiger charge is -1.99. The van der Waals surface area contributed by atoms with Crippen LogP contribution >= 0.6 is 0 Å². The minimum absolute atomic E-state index is 1.17. The maximum Gasteiger partial charge on any atom is 0.0492 e. The lowest BCUT2D eigenvalue weighted by molar-refractivity contribution is 1.34. The minimum Gasteiger partial charge on any atom is -0.360 e. The van der Waals surface area contributed by atoms with Crippen molar-refractivity contribution >= 4 is 10.9 Å². The number of H-pyrrole nitrogens is 1. The lowest BCUT2D eigenvalue weighted by Crippen LogP contribution is -1.80. The molecule has 1 aromatic carbocycles. The van der Waals surface area contributed by atoms with Gasteiger partial charge in [-0.2, -0.15) is 0 Å². The summed E-state index contributed by atoms with van der Waals surface area (Å²) in [5.74, 6) is 0. The molecule has 0 bridgehead atoms. The van der Waals surface area contributed by atoms with Gasteiger partial charge in [-0.05, 0) is 25.0 Å². The zero-order valence-electron chi connectivity index (χ0n) is 6.73. The molecular weight excluding hydrogens is 134 g/mol. The van der Waals surface area contributed by atoms with Crippen LogP contribution in [0.2, 0.25) is 0 Å². The van der Waals surface area contributed by atoms with Crippen LogP contribution in [0.25, 0.3) is 10.9 Å². The molecule has 0 saturated carbocycles. The van der Waals surface area contributed by atoms with Gasteiger partial charge in [0.2, 0.25) is 0 Å². The van der Waals surface area contributed by atoms with E-state index < -0.39 is 0 Å². The predicted molar refractivity (Wildman–Crippen MR) is 46.6 cm³/mol. The van der Waals surface area contributed by atoms with Crippen molar-refractivity contribution in [1.29, 1.82) is 0 Å². The van der Waals surface area contributed by atoms with Crippen molar-refractivity contribution in [3.05, 3.63) is 35.5 Å². The van der Waals surface area contributed by atoms with E-state index in [0.29, 0.717) is 0 Å². The summed E-state index contributed by atoms with van der Waals surface area (Å²) in [4.78, 5) is 3.17. The molecule has 1 N–H and O–H groups in total. The summed E-state index contributed by atoms with van der Waals surface area (Å²) >= 11 is 0. The topological polar surface area (TPSA) is 15.8 Å². The van der Waals surface area contributed by atoms with E-state index in [4.69, 9.17) is 0 Å². The summed E-state index contributed by atoms with van der Waals surface area (Å²) in [5.41, 5.74) is 3.86. The molecule has 11 heavy (non-hydrogen) atoms. The Morgan fingerprint density at radius 2 is 2.09 bits per heavy atom. The summed E-state index contributed by atoms with van der Waals surface area (Å²) < 4.78 is 0. The number of aromatic nitrogens is 1. The number of benzene rings is 1. The molecule has 0 atom stereocenters. The number of aromatic amines is 1. The molecule has 1 heterocycles. The van der Waals surface area contributed by atoms with Crippen LogP contribution in [0.3, 0.4) is 0 Å². The number of fused-ring (bicyclic) bond motifs is 1. The van der Waals surface area contributed by atoms with Gasteiger partial charge in [-0.3, -0.25) is 0 Å². The monoisotopic (exact) mass is 144 g/mol. The summed E-state index contributed by atoms with van der Waals surface area (Å²) in [6, 6.07) is 7.35. The first-order valence-corrected chi connectivity index (χ1v) is 3.74. The average Bonchev–Trinajstić information content (AvgIpc) is 2.45. The van der Waals surface area contributed by atoms with Gasteiger partial charge in [0.05, 0.1) is 0 Å². The number of aryl methyl sites for hydroxylation is 2. The standard InChI is InChI=1S/C10H10N/c1-7-3-4-9-5-6-11-10(9)8(7)2/h3-4,6,11H,1-2H3. The highest BCUT2D eigenvalue weighted by atomic mass is 14.7. The number of hydrogen-bond acceptors (Lipinski definition) is 0. The zero-order valence-corrected chi connectivity index (χ0v) is 6.73. The van der Waals surface area contributed by atoms with Crippen molar-refractivity contribution in [2.75, 3.05) is 0 Å². The summed E-state index contributed by atoms with van der Waals surface area (Å²) in [6.07, 6.45) is 1.86. The van der Waals surface area contributed by atoms with Gasteiger partial charge in [0.1, 0.15) is 0 Å². The maximum atomic E-state index is 3.17. The van der Waals surface area contributed by atoms with Gasteiger partial charge in [0, 0.05) is 23.2 Å². The van der Waals surface area contributed by atoms with Crippen molar-refractivity contribution < 1.29 is 0 Å². The Labute approximate surface area is 66.1 Å². The minimum atomic E-state index is 1.17. The Hall–Kier alpha value is -1.24. The van der Waals surface area contributed by atoms with Gasteiger partial charge in [0.25, 0.3) is 0 Å². The van der Waals surface area contributed by atoms with Crippen molar-refractivity contribution in [3.63, 3.8) is 0 Å². The van der Waals surface area contributed by atoms with Gasteiger partial charge in [-0.25, -0.2) is 0 Å². The quantitative estimate of drug-likeness (QED) is 0.585. The molecule has 2 rings (SSSR count). The van der Waals surface area contributed by atoms with Gasteiger partial charge in [0.15, 0.2) is 0 Å². The summed E-state index contributed by atoms with van der Waals surface area (Å²) in [5, 5.41) is 1.17. The molecule has 1 radical (unpaired) electrons. The third-order valence-electron chi connectivity index (χ3n) is 2.18. The molecular formula is C10H10N. The molecule has 0 aliphatic rings. The lowest BCUT2D eigenvalue weighted by atomic mass is 10.1. The smallest absolute Gasteiger partial charge is 0.0492 e. The van der Waals surface area contributed by atoms with Crippen LogP contribution in [0, 0.1) is 19.9 Å². The third-order valence-corrected chi connectivity index (χ3v) is 2.18. The fourth-order valence-corrected chi connectivity index (χ4v) is 1.31. The van der Waals surface area contributed by atoms with E-state index in [0.717, 1.165) is 0 Å². The van der Waals surface area contributed by atoms with Gasteiger partial charge < -0.3 is 4.98 Å². The fraction of sp³-hybridized carbons (Fsp3) is 0.200. The van der Waals surface area contributed by atoms with E-state index >= 15 is 0 Å². The maximum absolute atomic E-state index is 3.17. The molecule has 0 spiro atoms. The molecule has 2 aromatic rings. The van der Waals surface area contributed by atoms with Crippen LogP contribution in [0.5, 0.6) is 0 Å². The van der Waals surface area contributed by atoms with E-state index in [2.05, 4.69) is 37.0 Å². The average molecular weight is 144 g/mol. The SMILES string of the molecule is Cc1ccc2[c]c[nH]c2c1C. The van der Waals surface area contributed by atoms with Crippen LogP contribution in [-0.4, -0.2) is 4.98 Å². The van der Waals surface area contributed by atoms with Crippen molar-refractivity contribution in [2.24, 2.45) is 0 Å². The van der Waals surface area contributed by atoms with E-state index in [1.165, 1.54) is 22.0 Å². The highest BCUT2D eigenvalue weighted by molar-refractivity contribution is 5.82. The molecule has 0 aliphatic heterocycles. The molecule has 1 heteroatoms. The normalized spacial score (nSPS) is 10.7. The summed E-state index contributed by atoms with van der Waals surface area (Å²) in [7, 11) is 0. The van der Waals surface area contributed by atoms with Gasteiger partial charge in [-0.15, -0.1) is 0 Å². The molecule has 1 nitrogen and oxygen atoms in total. The van der Waals surface area contributed by atoms with E-state index in [-0.39, 0.29) is 0 Å². The molecule has 0 unspecified atom stereocenters. The van der Waals surface area contributed by atoms with Gasteiger partial charge >= 0.3 is 0 Å². The van der Waals surface area contributed by atoms with E-state index in [9.17, 15) is 0 Å². The highest BCUT2D eigenvalue weighted by Crippen LogP contribution is 2.18. The van der Waals surface area contributed by atoms with Gasteiger partial charge in [-0.1, -0.05) is 12.1 Å². The summed E-state index contributed by atoms with van der Waals surface area (Å²) in [6.45, 7) is 4.25. The molecule has 55 valence electrons. The first-order chi connectivity index (χ1) is 5.29. The predicted octanol–water partition coefficient (Wildman–Crippen LogP) is 2.58. The van der Waals surface area contributed by atoms with Crippen LogP contribution in [0.4, 0.5) is 0 Å². The second-order valence-electron chi connectivity index (χ2n) is 2.86. The zero-order chi connectivity index (χ0) is 7.84. The van der Waals surface area contributed by atoms with Crippen LogP contribution in [0.1, 0.15) is 11.1 Å². The second-order valence-corrected chi connectivity index (χ2v) is 2.86. The molecule has 0 saturated heterocycles. The Morgan fingerprint density at radius 1 is 1.27 bits per heavy atom. The molecule has 0 fully saturated rings. The third kappa shape index (κ3) is 0.845. The van der Waals surface area contributed by atoms with Crippen LogP contribution in [0.15, 0.2) is 18.3 Å². The first kappa shape index (κ1) is 6.47. The Balaban J connectivity index is 2.93. The first-order valence-electron chi connectivity index (χ1n) is 3.74. The number of rotatable bonds is 0. The Bertz CT molecular complexity index is 385. The molecule has 0 amide bonds. The highest BCUT2D eigenvalue weighted by Gasteiger charge is 1.99. The second kappa shape index (κ2) is 2.12. The molecule has 0 aliphatic carbocycles. The van der Waals surface area contributed by atoms with E-state index in [1.807, 2.05) is 6.20 Å². The Morgan fingerprint density at radius 3 is 2.91 bits per heavy atom. The fourth-order valence-electron chi connectivity index (χ4n) is 1.31. The number of nitrogens with one attached hydrogen (secondary N) is 1. The molecule has 1 aromatic heterocycles. The van der Waals surface area contributed by atoms with E-state index in [1.54, 1.807) is 0 Å². The number of hydrogen-bond donors (Lipinski definition) is 1.